The predicted molar refractivity (Wildman–Crippen MR) is 73.7 cm³/mol. The van der Waals surface area contributed by atoms with Crippen molar-refractivity contribution < 1.29 is 13.9 Å². The number of alkyl halides is 2. The van der Waals surface area contributed by atoms with Crippen LogP contribution in [-0.2, 0) is 0 Å². The maximum atomic E-state index is 12.4. The number of thiazole rings is 1. The van der Waals surface area contributed by atoms with Crippen molar-refractivity contribution >= 4 is 11.3 Å². The van der Waals surface area contributed by atoms with Crippen LogP contribution in [0.3, 0.4) is 0 Å². The van der Waals surface area contributed by atoms with Gasteiger partial charge in [0.1, 0.15) is 11.2 Å². The Morgan fingerprint density at radius 3 is 2.80 bits per heavy atom. The Bertz CT molecular complexity index is 562. The minimum absolute atomic E-state index is 0.485. The van der Waals surface area contributed by atoms with Gasteiger partial charge in [-0.25, -0.2) is 13.8 Å². The van der Waals surface area contributed by atoms with Crippen LogP contribution < -0.4 is 0 Å². The standard InChI is InChI=1S/C13H15F2N3OS/c1-8-11(13(19)18(2)7-10(14)15)20-12(17-8)9-4-3-5-16-6-9/h3-6,10,13,19H,7H2,1-2H3. The van der Waals surface area contributed by atoms with Crippen LogP contribution in [0.1, 0.15) is 16.8 Å². The quantitative estimate of drug-likeness (QED) is 0.862. The van der Waals surface area contributed by atoms with Gasteiger partial charge in [0.15, 0.2) is 0 Å². The smallest absolute Gasteiger partial charge is 0.251 e. The summed E-state index contributed by atoms with van der Waals surface area (Å²) in [6.45, 7) is 1.27. The molecule has 2 aromatic heterocycles. The molecular weight excluding hydrogens is 284 g/mol. The van der Waals surface area contributed by atoms with Crippen molar-refractivity contribution in [1.82, 2.24) is 14.9 Å². The molecular formula is C13H15F2N3OS. The molecule has 2 aromatic rings. The van der Waals surface area contributed by atoms with Crippen molar-refractivity contribution in [3.63, 3.8) is 0 Å². The van der Waals surface area contributed by atoms with Crippen molar-refractivity contribution in [3.05, 3.63) is 35.1 Å². The molecule has 2 heterocycles. The molecule has 0 aliphatic rings. The van der Waals surface area contributed by atoms with E-state index < -0.39 is 19.2 Å². The highest BCUT2D eigenvalue weighted by Gasteiger charge is 2.22. The molecule has 1 atom stereocenters. The van der Waals surface area contributed by atoms with E-state index in [1.165, 1.54) is 23.3 Å². The van der Waals surface area contributed by atoms with Gasteiger partial charge in [-0.1, -0.05) is 0 Å². The molecule has 0 fully saturated rings. The molecule has 0 aliphatic carbocycles. The minimum Gasteiger partial charge on any atom is -0.373 e. The number of rotatable bonds is 5. The Morgan fingerprint density at radius 2 is 2.20 bits per heavy atom. The van der Waals surface area contributed by atoms with Gasteiger partial charge < -0.3 is 5.11 Å². The molecule has 20 heavy (non-hydrogen) atoms. The van der Waals surface area contributed by atoms with Crippen LogP contribution in [0.5, 0.6) is 0 Å². The number of hydrogen-bond acceptors (Lipinski definition) is 5. The summed E-state index contributed by atoms with van der Waals surface area (Å²) < 4.78 is 24.7. The van der Waals surface area contributed by atoms with E-state index in [9.17, 15) is 13.9 Å². The lowest BCUT2D eigenvalue weighted by molar-refractivity contribution is -0.0144. The molecule has 0 bridgehead atoms. The number of pyridine rings is 1. The summed E-state index contributed by atoms with van der Waals surface area (Å²) in [4.78, 5) is 10.2. The van der Waals surface area contributed by atoms with E-state index in [1.807, 2.05) is 6.07 Å². The lowest BCUT2D eigenvalue weighted by Crippen LogP contribution is -2.29. The van der Waals surface area contributed by atoms with Gasteiger partial charge >= 0.3 is 0 Å². The predicted octanol–water partition coefficient (Wildman–Crippen LogP) is 2.70. The molecule has 0 aromatic carbocycles. The van der Waals surface area contributed by atoms with Crippen molar-refractivity contribution in [2.24, 2.45) is 0 Å². The minimum atomic E-state index is -2.49. The topological polar surface area (TPSA) is 49.3 Å². The first-order valence-electron chi connectivity index (χ1n) is 6.03. The van der Waals surface area contributed by atoms with Crippen molar-refractivity contribution in [2.45, 2.75) is 19.6 Å². The maximum absolute atomic E-state index is 12.4. The fourth-order valence-corrected chi connectivity index (χ4v) is 2.89. The van der Waals surface area contributed by atoms with E-state index in [-0.39, 0.29) is 0 Å². The van der Waals surface area contributed by atoms with E-state index in [1.54, 1.807) is 25.4 Å². The van der Waals surface area contributed by atoms with Crippen LogP contribution in [0.25, 0.3) is 10.6 Å². The van der Waals surface area contributed by atoms with Gasteiger partial charge in [0, 0.05) is 18.0 Å². The Balaban J connectivity index is 2.23. The zero-order chi connectivity index (χ0) is 14.7. The van der Waals surface area contributed by atoms with Crippen molar-refractivity contribution in [3.8, 4) is 10.6 Å². The fourth-order valence-electron chi connectivity index (χ4n) is 1.78. The number of aromatic nitrogens is 2. The van der Waals surface area contributed by atoms with Crippen LogP contribution in [0.15, 0.2) is 24.5 Å². The number of aryl methyl sites for hydroxylation is 1. The highest BCUT2D eigenvalue weighted by atomic mass is 32.1. The third kappa shape index (κ3) is 3.36. The molecule has 0 saturated carbocycles. The average Bonchev–Trinajstić information content (AvgIpc) is 2.80. The molecule has 108 valence electrons. The third-order valence-corrected chi connectivity index (χ3v) is 4.07. The van der Waals surface area contributed by atoms with Gasteiger partial charge in [0.05, 0.1) is 17.1 Å². The lowest BCUT2D eigenvalue weighted by Gasteiger charge is -2.22. The molecule has 7 heteroatoms. The summed E-state index contributed by atoms with van der Waals surface area (Å²) in [7, 11) is 1.46. The average molecular weight is 299 g/mol. The largest absolute Gasteiger partial charge is 0.373 e. The Kier molecular flexibility index (Phi) is 4.74. The van der Waals surface area contributed by atoms with Gasteiger partial charge in [-0.2, -0.15) is 0 Å². The molecule has 0 aliphatic heterocycles. The van der Waals surface area contributed by atoms with Gasteiger partial charge in [-0.3, -0.25) is 9.88 Å². The van der Waals surface area contributed by atoms with Crippen LogP contribution >= 0.6 is 11.3 Å². The van der Waals surface area contributed by atoms with E-state index in [0.717, 1.165) is 10.6 Å². The number of aliphatic hydroxyl groups is 1. The van der Waals surface area contributed by atoms with Crippen LogP contribution in [0.2, 0.25) is 0 Å². The second kappa shape index (κ2) is 6.34. The fraction of sp³-hybridized carbons (Fsp3) is 0.385. The Labute approximate surface area is 119 Å². The molecule has 4 nitrogen and oxygen atoms in total. The van der Waals surface area contributed by atoms with Gasteiger partial charge in [0.25, 0.3) is 6.43 Å². The first-order chi connectivity index (χ1) is 9.49. The highest BCUT2D eigenvalue weighted by Crippen LogP contribution is 2.32. The lowest BCUT2D eigenvalue weighted by atomic mass is 10.3. The molecule has 1 N–H and O–H groups in total. The first kappa shape index (κ1) is 15.0. The third-order valence-electron chi connectivity index (χ3n) is 2.82. The van der Waals surface area contributed by atoms with E-state index in [0.29, 0.717) is 10.6 Å². The number of aliphatic hydroxyl groups excluding tert-OH is 1. The summed E-state index contributed by atoms with van der Waals surface area (Å²) >= 11 is 1.29. The Hall–Kier alpha value is -1.44. The monoisotopic (exact) mass is 299 g/mol. The SMILES string of the molecule is Cc1nc(-c2cccnc2)sc1C(O)N(C)CC(F)F. The van der Waals surface area contributed by atoms with E-state index >= 15 is 0 Å². The number of hydrogen-bond donors (Lipinski definition) is 1. The maximum Gasteiger partial charge on any atom is 0.251 e. The molecule has 0 radical (unpaired) electrons. The van der Waals surface area contributed by atoms with E-state index in [2.05, 4.69) is 9.97 Å². The normalized spacial score (nSPS) is 13.2. The van der Waals surface area contributed by atoms with E-state index in [4.69, 9.17) is 0 Å². The van der Waals surface area contributed by atoms with Gasteiger partial charge in [0.2, 0.25) is 0 Å². The van der Waals surface area contributed by atoms with Crippen LogP contribution in [-0.4, -0.2) is 40.0 Å². The molecule has 2 rings (SSSR count). The summed E-state index contributed by atoms with van der Waals surface area (Å²) in [6.07, 6.45) is -0.222. The number of nitrogens with zero attached hydrogens (tertiary/aromatic N) is 3. The molecule has 0 spiro atoms. The summed E-state index contributed by atoms with van der Waals surface area (Å²) in [6, 6.07) is 3.66. The summed E-state index contributed by atoms with van der Waals surface area (Å²) in [5.41, 5.74) is 1.48. The van der Waals surface area contributed by atoms with Crippen LogP contribution in [0.4, 0.5) is 8.78 Å². The molecule has 0 saturated heterocycles. The molecule has 0 amide bonds. The zero-order valence-electron chi connectivity index (χ0n) is 11.1. The Morgan fingerprint density at radius 1 is 1.45 bits per heavy atom. The van der Waals surface area contributed by atoms with Crippen LogP contribution in [0, 0.1) is 6.92 Å². The summed E-state index contributed by atoms with van der Waals surface area (Å²) in [5, 5.41) is 10.8. The second-order valence-electron chi connectivity index (χ2n) is 4.41. The zero-order valence-corrected chi connectivity index (χ0v) is 11.9. The summed E-state index contributed by atoms with van der Waals surface area (Å²) in [5.74, 6) is 0. The molecule has 1 unspecified atom stereocenters. The highest BCUT2D eigenvalue weighted by molar-refractivity contribution is 7.15. The van der Waals surface area contributed by atoms with Crippen molar-refractivity contribution in [1.29, 1.82) is 0 Å². The van der Waals surface area contributed by atoms with Gasteiger partial charge in [-0.05, 0) is 26.1 Å². The van der Waals surface area contributed by atoms with Gasteiger partial charge in [-0.15, -0.1) is 11.3 Å². The first-order valence-corrected chi connectivity index (χ1v) is 6.85. The van der Waals surface area contributed by atoms with Crippen molar-refractivity contribution in [2.75, 3.05) is 13.6 Å². The second-order valence-corrected chi connectivity index (χ2v) is 5.45. The number of halogens is 2.